The predicted octanol–water partition coefficient (Wildman–Crippen LogP) is 2.31. The van der Waals surface area contributed by atoms with Crippen LogP contribution in [-0.2, 0) is 16.4 Å². The van der Waals surface area contributed by atoms with Gasteiger partial charge in [-0.2, -0.15) is 4.31 Å². The zero-order chi connectivity index (χ0) is 15.0. The van der Waals surface area contributed by atoms with Gasteiger partial charge in [0.15, 0.2) is 0 Å². The maximum absolute atomic E-state index is 13.0. The summed E-state index contributed by atoms with van der Waals surface area (Å²) in [5.41, 5.74) is 6.71. The van der Waals surface area contributed by atoms with Gasteiger partial charge in [-0.15, -0.1) is 12.4 Å². The van der Waals surface area contributed by atoms with Gasteiger partial charge >= 0.3 is 0 Å². The van der Waals surface area contributed by atoms with Crippen molar-refractivity contribution >= 4 is 38.4 Å². The van der Waals surface area contributed by atoms with Crippen LogP contribution in [0.5, 0.6) is 5.75 Å². The molecule has 1 fully saturated rings. The molecule has 1 unspecified atom stereocenters. The van der Waals surface area contributed by atoms with Crippen LogP contribution < -0.4 is 10.5 Å². The number of rotatable bonds is 3. The first kappa shape index (κ1) is 18.0. The number of halogens is 2. The van der Waals surface area contributed by atoms with Gasteiger partial charge in [0.1, 0.15) is 10.6 Å². The molecule has 2 aliphatic heterocycles. The first-order valence-corrected chi connectivity index (χ1v) is 9.44. The summed E-state index contributed by atoms with van der Waals surface area (Å²) in [5.74, 6) is 0.513. The van der Waals surface area contributed by atoms with Gasteiger partial charge < -0.3 is 10.5 Å². The molecule has 124 valence electrons. The average Bonchev–Trinajstić information content (AvgIpc) is 2.94. The second-order valence-electron chi connectivity index (χ2n) is 5.49. The molecule has 2 N–H and O–H groups in total. The molecule has 0 radical (unpaired) electrons. The van der Waals surface area contributed by atoms with Gasteiger partial charge in [-0.25, -0.2) is 8.42 Å². The number of piperidine rings is 1. The third kappa shape index (κ3) is 3.14. The highest BCUT2D eigenvalue weighted by atomic mass is 79.9. The highest BCUT2D eigenvalue weighted by Crippen LogP contribution is 2.38. The van der Waals surface area contributed by atoms with E-state index in [4.69, 9.17) is 10.5 Å². The molecule has 1 aromatic carbocycles. The van der Waals surface area contributed by atoms with E-state index >= 15 is 0 Å². The van der Waals surface area contributed by atoms with E-state index in [1.54, 1.807) is 10.4 Å². The van der Waals surface area contributed by atoms with Crippen LogP contribution in [0.15, 0.2) is 21.5 Å². The van der Waals surface area contributed by atoms with E-state index in [1.165, 1.54) is 0 Å². The minimum atomic E-state index is -3.57. The number of ether oxygens (including phenoxy) is 1. The summed E-state index contributed by atoms with van der Waals surface area (Å²) in [6.45, 7) is 1.43. The van der Waals surface area contributed by atoms with Crippen molar-refractivity contribution in [3.05, 3.63) is 22.2 Å². The summed E-state index contributed by atoms with van der Waals surface area (Å²) in [4.78, 5) is 0.268. The van der Waals surface area contributed by atoms with Crippen molar-refractivity contribution in [1.29, 1.82) is 0 Å². The van der Waals surface area contributed by atoms with Gasteiger partial charge in [-0.1, -0.05) is 22.4 Å². The van der Waals surface area contributed by atoms with E-state index in [-0.39, 0.29) is 23.3 Å². The second-order valence-corrected chi connectivity index (χ2v) is 8.27. The van der Waals surface area contributed by atoms with Crippen LogP contribution in [0.25, 0.3) is 0 Å². The van der Waals surface area contributed by atoms with Gasteiger partial charge in [0.05, 0.1) is 6.61 Å². The lowest BCUT2D eigenvalue weighted by Gasteiger charge is -2.34. The maximum Gasteiger partial charge on any atom is 0.247 e. The molecule has 1 aromatic rings. The number of nitrogens with two attached hydrogens (primary N) is 1. The fourth-order valence-corrected chi connectivity index (χ4v) is 5.64. The minimum Gasteiger partial charge on any atom is -0.492 e. The molecule has 22 heavy (non-hydrogen) atoms. The third-order valence-corrected chi connectivity index (χ3v) is 6.56. The molecule has 2 heterocycles. The molecule has 8 heteroatoms. The summed E-state index contributed by atoms with van der Waals surface area (Å²) >= 11 is 3.40. The number of fused-ring (bicyclic) bond motifs is 1. The van der Waals surface area contributed by atoms with E-state index in [0.29, 0.717) is 25.4 Å². The topological polar surface area (TPSA) is 72.6 Å². The normalized spacial score (nSPS) is 21.8. The average molecular weight is 412 g/mol. The van der Waals surface area contributed by atoms with Crippen molar-refractivity contribution in [2.24, 2.45) is 5.73 Å². The fourth-order valence-electron chi connectivity index (χ4n) is 3.08. The number of benzene rings is 1. The summed E-state index contributed by atoms with van der Waals surface area (Å²) in [6, 6.07) is 3.46. The Balaban J connectivity index is 0.00000176. The van der Waals surface area contributed by atoms with Crippen LogP contribution in [-0.4, -0.2) is 38.5 Å². The molecule has 1 atom stereocenters. The largest absolute Gasteiger partial charge is 0.492 e. The SMILES string of the molecule is Cl.NCC1CCCCN1S(=O)(=O)c1cc(Br)cc2c1OCC2. The first-order chi connectivity index (χ1) is 10.0. The third-order valence-electron chi connectivity index (χ3n) is 4.15. The molecule has 0 saturated carbocycles. The Labute approximate surface area is 145 Å². The zero-order valence-corrected chi connectivity index (χ0v) is 15.3. The van der Waals surface area contributed by atoms with Crippen LogP contribution in [0.2, 0.25) is 0 Å². The van der Waals surface area contributed by atoms with Crippen molar-refractivity contribution < 1.29 is 13.2 Å². The minimum absolute atomic E-state index is 0. The van der Waals surface area contributed by atoms with Gasteiger partial charge in [0.2, 0.25) is 10.0 Å². The van der Waals surface area contributed by atoms with E-state index in [9.17, 15) is 8.42 Å². The molecule has 0 aromatic heterocycles. The summed E-state index contributed by atoms with van der Waals surface area (Å²) in [6.07, 6.45) is 3.48. The maximum atomic E-state index is 13.0. The Morgan fingerprint density at radius 3 is 2.86 bits per heavy atom. The Bertz CT molecular complexity index is 654. The van der Waals surface area contributed by atoms with Crippen LogP contribution >= 0.6 is 28.3 Å². The van der Waals surface area contributed by atoms with Gasteiger partial charge in [-0.3, -0.25) is 0 Å². The molecule has 1 saturated heterocycles. The molecular weight excluding hydrogens is 392 g/mol. The lowest BCUT2D eigenvalue weighted by Crippen LogP contribution is -2.47. The lowest BCUT2D eigenvalue weighted by molar-refractivity contribution is 0.256. The quantitative estimate of drug-likeness (QED) is 0.828. The number of sulfonamides is 1. The molecule has 0 spiro atoms. The molecule has 3 rings (SSSR count). The Morgan fingerprint density at radius 2 is 2.14 bits per heavy atom. The Morgan fingerprint density at radius 1 is 1.36 bits per heavy atom. The molecule has 0 bridgehead atoms. The predicted molar refractivity (Wildman–Crippen MR) is 91.2 cm³/mol. The molecule has 2 aliphatic rings. The summed E-state index contributed by atoms with van der Waals surface area (Å²) in [7, 11) is -3.57. The lowest BCUT2D eigenvalue weighted by atomic mass is 10.1. The smallest absolute Gasteiger partial charge is 0.247 e. The summed E-state index contributed by atoms with van der Waals surface area (Å²) in [5, 5.41) is 0. The van der Waals surface area contributed by atoms with Gasteiger partial charge in [0.25, 0.3) is 0 Å². The highest BCUT2D eigenvalue weighted by Gasteiger charge is 2.36. The number of hydrogen-bond donors (Lipinski definition) is 1. The van der Waals surface area contributed by atoms with Gasteiger partial charge in [0, 0.05) is 35.6 Å². The van der Waals surface area contributed by atoms with Crippen LogP contribution in [0.3, 0.4) is 0 Å². The monoisotopic (exact) mass is 410 g/mol. The van der Waals surface area contributed by atoms with Crippen LogP contribution in [0, 0.1) is 0 Å². The van der Waals surface area contributed by atoms with Gasteiger partial charge in [-0.05, 0) is 25.0 Å². The van der Waals surface area contributed by atoms with Crippen molar-refractivity contribution in [2.75, 3.05) is 19.7 Å². The fraction of sp³-hybridized carbons (Fsp3) is 0.571. The van der Waals surface area contributed by atoms with E-state index in [0.717, 1.165) is 35.7 Å². The number of hydrogen-bond acceptors (Lipinski definition) is 4. The second kappa shape index (κ2) is 7.05. The molecular formula is C14H20BrClN2O3S. The zero-order valence-electron chi connectivity index (χ0n) is 12.1. The first-order valence-electron chi connectivity index (χ1n) is 7.21. The molecule has 0 amide bonds. The van der Waals surface area contributed by atoms with E-state index in [2.05, 4.69) is 15.9 Å². The van der Waals surface area contributed by atoms with Crippen molar-refractivity contribution in [3.63, 3.8) is 0 Å². The number of nitrogens with zero attached hydrogens (tertiary/aromatic N) is 1. The standard InChI is InChI=1S/C14H19BrN2O3S.ClH/c15-11-7-10-4-6-20-14(10)13(8-11)21(18,19)17-5-2-1-3-12(17)9-16;/h7-8,12H,1-6,9,16H2;1H. The Kier molecular flexibility index (Phi) is 5.77. The van der Waals surface area contributed by atoms with E-state index < -0.39 is 10.0 Å². The molecule has 0 aliphatic carbocycles. The molecule has 5 nitrogen and oxygen atoms in total. The van der Waals surface area contributed by atoms with Crippen molar-refractivity contribution in [2.45, 2.75) is 36.6 Å². The van der Waals surface area contributed by atoms with Crippen molar-refractivity contribution in [1.82, 2.24) is 4.31 Å². The van der Waals surface area contributed by atoms with Crippen LogP contribution in [0.4, 0.5) is 0 Å². The Hall–Kier alpha value is -0.340. The van der Waals surface area contributed by atoms with Crippen molar-refractivity contribution in [3.8, 4) is 5.75 Å². The highest BCUT2D eigenvalue weighted by molar-refractivity contribution is 9.10. The van der Waals surface area contributed by atoms with E-state index in [1.807, 2.05) is 6.07 Å². The summed E-state index contributed by atoms with van der Waals surface area (Å²) < 4.78 is 34.0. The van der Waals surface area contributed by atoms with Crippen LogP contribution in [0.1, 0.15) is 24.8 Å².